The van der Waals surface area contributed by atoms with Gasteiger partial charge in [0.25, 0.3) is 0 Å². The summed E-state index contributed by atoms with van der Waals surface area (Å²) in [6.07, 6.45) is 6.44. The second-order valence-electron chi connectivity index (χ2n) is 6.16. The number of carbonyl (C=O) groups excluding carboxylic acids is 1. The van der Waals surface area contributed by atoms with Crippen LogP contribution in [0.25, 0.3) is 0 Å². The average molecular weight is 272 g/mol. The summed E-state index contributed by atoms with van der Waals surface area (Å²) in [6.45, 7) is 2.23. The van der Waals surface area contributed by atoms with Crippen molar-refractivity contribution in [2.75, 3.05) is 0 Å². The number of hydrazone groups is 1. The number of phenolic OH excluding ortho intramolecular Hbond substituents is 1. The van der Waals surface area contributed by atoms with E-state index in [1.54, 1.807) is 30.5 Å². The molecule has 2 fully saturated rings. The van der Waals surface area contributed by atoms with E-state index in [0.29, 0.717) is 5.92 Å². The lowest BCUT2D eigenvalue weighted by atomic mass is 9.90. The molecule has 0 aromatic heterocycles. The van der Waals surface area contributed by atoms with E-state index in [1.165, 1.54) is 19.3 Å². The second kappa shape index (κ2) is 4.93. The molecule has 3 rings (SSSR count). The van der Waals surface area contributed by atoms with Crippen LogP contribution >= 0.6 is 0 Å². The van der Waals surface area contributed by atoms with Crippen LogP contribution in [0.1, 0.15) is 38.2 Å². The van der Waals surface area contributed by atoms with E-state index < -0.39 is 0 Å². The van der Waals surface area contributed by atoms with E-state index in [4.69, 9.17) is 0 Å². The van der Waals surface area contributed by atoms with Gasteiger partial charge in [0.1, 0.15) is 5.75 Å². The van der Waals surface area contributed by atoms with E-state index in [-0.39, 0.29) is 23.0 Å². The minimum absolute atomic E-state index is 0.0504. The maximum Gasteiger partial charge on any atom is 0.244 e. The zero-order valence-corrected chi connectivity index (χ0v) is 11.7. The fraction of sp³-hybridized carbons (Fsp3) is 0.500. The van der Waals surface area contributed by atoms with Crippen LogP contribution in [0.2, 0.25) is 0 Å². The quantitative estimate of drug-likeness (QED) is 0.656. The Hall–Kier alpha value is -1.84. The number of hydrogen-bond donors (Lipinski definition) is 2. The molecule has 1 aromatic carbocycles. The van der Waals surface area contributed by atoms with Crippen molar-refractivity contribution in [3.8, 4) is 5.75 Å². The Kier molecular flexibility index (Phi) is 3.24. The van der Waals surface area contributed by atoms with Crippen LogP contribution < -0.4 is 5.43 Å². The second-order valence-corrected chi connectivity index (χ2v) is 6.16. The third kappa shape index (κ3) is 2.30. The Morgan fingerprint density at radius 2 is 2.15 bits per heavy atom. The van der Waals surface area contributed by atoms with E-state index in [2.05, 4.69) is 17.5 Å². The Balaban J connectivity index is 1.56. The summed E-state index contributed by atoms with van der Waals surface area (Å²) >= 11 is 0. The number of nitrogens with zero attached hydrogens (tertiary/aromatic N) is 1. The third-order valence-corrected chi connectivity index (χ3v) is 4.90. The van der Waals surface area contributed by atoms with Crippen molar-refractivity contribution in [3.05, 3.63) is 29.8 Å². The van der Waals surface area contributed by atoms with Gasteiger partial charge in [0.05, 0.1) is 6.21 Å². The van der Waals surface area contributed by atoms with Crippen molar-refractivity contribution in [1.82, 2.24) is 5.43 Å². The number of hydrogen-bond acceptors (Lipinski definition) is 3. The monoisotopic (exact) mass is 272 g/mol. The van der Waals surface area contributed by atoms with Gasteiger partial charge in [-0.05, 0) is 54.0 Å². The zero-order valence-electron chi connectivity index (χ0n) is 11.7. The molecule has 3 atom stereocenters. The molecule has 2 saturated carbocycles. The number of nitrogens with one attached hydrogen (secondary N) is 1. The van der Waals surface area contributed by atoms with Crippen LogP contribution in [0, 0.1) is 17.3 Å². The van der Waals surface area contributed by atoms with Crippen molar-refractivity contribution < 1.29 is 9.90 Å². The smallest absolute Gasteiger partial charge is 0.244 e. The van der Waals surface area contributed by atoms with E-state index in [1.807, 2.05) is 0 Å². The van der Waals surface area contributed by atoms with Crippen molar-refractivity contribution in [2.24, 2.45) is 22.4 Å². The largest absolute Gasteiger partial charge is 0.508 e. The molecule has 106 valence electrons. The number of benzene rings is 1. The molecule has 0 heterocycles. The first-order valence-corrected chi connectivity index (χ1v) is 7.23. The summed E-state index contributed by atoms with van der Waals surface area (Å²) in [5.74, 6) is 0.970. The number of phenols is 1. The molecule has 0 bridgehead atoms. The Bertz CT molecular complexity index is 538. The van der Waals surface area contributed by atoms with Crippen LogP contribution in [-0.2, 0) is 4.79 Å². The number of amides is 1. The highest BCUT2D eigenvalue weighted by Gasteiger charge is 2.64. The van der Waals surface area contributed by atoms with Crippen LogP contribution in [0.4, 0.5) is 0 Å². The molecule has 2 aliphatic rings. The Morgan fingerprint density at radius 3 is 2.80 bits per heavy atom. The van der Waals surface area contributed by atoms with Crippen molar-refractivity contribution in [3.63, 3.8) is 0 Å². The van der Waals surface area contributed by atoms with Gasteiger partial charge in [-0.2, -0.15) is 5.10 Å². The molecule has 0 spiro atoms. The van der Waals surface area contributed by atoms with E-state index in [9.17, 15) is 9.90 Å². The lowest BCUT2D eigenvalue weighted by Crippen LogP contribution is -2.22. The first-order valence-electron chi connectivity index (χ1n) is 7.23. The predicted molar refractivity (Wildman–Crippen MR) is 77.4 cm³/mol. The summed E-state index contributed by atoms with van der Waals surface area (Å²) in [4.78, 5) is 12.2. The standard InChI is InChI=1S/C16H20N2O2/c1-16-9-3-2-4-13(16)14(16)15(20)18-17-10-11-5-7-12(19)8-6-11/h5-8,10,13-14,19H,2-4,9H2,1H3,(H,18,20)/t13?,14?,16-/m0/s1. The summed E-state index contributed by atoms with van der Waals surface area (Å²) in [7, 11) is 0. The first-order chi connectivity index (χ1) is 9.61. The fourth-order valence-corrected chi connectivity index (χ4v) is 3.65. The normalized spacial score (nSPS) is 31.9. The minimum atomic E-state index is 0.0504. The Labute approximate surface area is 118 Å². The van der Waals surface area contributed by atoms with Crippen molar-refractivity contribution in [2.45, 2.75) is 32.6 Å². The molecule has 0 radical (unpaired) electrons. The number of carbonyl (C=O) groups is 1. The zero-order chi connectivity index (χ0) is 14.2. The fourth-order valence-electron chi connectivity index (χ4n) is 3.65. The van der Waals surface area contributed by atoms with Crippen LogP contribution in [-0.4, -0.2) is 17.2 Å². The Morgan fingerprint density at radius 1 is 1.40 bits per heavy atom. The van der Waals surface area contributed by atoms with Crippen molar-refractivity contribution >= 4 is 12.1 Å². The van der Waals surface area contributed by atoms with Gasteiger partial charge in [-0.3, -0.25) is 4.79 Å². The molecule has 2 aliphatic carbocycles. The van der Waals surface area contributed by atoms with Crippen LogP contribution in [0.3, 0.4) is 0 Å². The molecular formula is C16H20N2O2. The van der Waals surface area contributed by atoms with Gasteiger partial charge in [0.15, 0.2) is 0 Å². The molecule has 0 aliphatic heterocycles. The van der Waals surface area contributed by atoms with Gasteiger partial charge in [-0.1, -0.05) is 19.8 Å². The molecular weight excluding hydrogens is 252 g/mol. The van der Waals surface area contributed by atoms with Gasteiger partial charge in [0, 0.05) is 5.92 Å². The number of fused-ring (bicyclic) bond motifs is 1. The summed E-state index contributed by atoms with van der Waals surface area (Å²) in [5.41, 5.74) is 3.73. The average Bonchev–Trinajstić information content (AvgIpc) is 3.06. The molecule has 20 heavy (non-hydrogen) atoms. The molecule has 2 unspecified atom stereocenters. The predicted octanol–water partition coefficient (Wildman–Crippen LogP) is 2.67. The minimum Gasteiger partial charge on any atom is -0.508 e. The van der Waals surface area contributed by atoms with Crippen LogP contribution in [0.5, 0.6) is 5.75 Å². The molecule has 4 nitrogen and oxygen atoms in total. The van der Waals surface area contributed by atoms with Gasteiger partial charge in [-0.15, -0.1) is 0 Å². The first kappa shape index (κ1) is 13.2. The lowest BCUT2D eigenvalue weighted by Gasteiger charge is -2.15. The molecule has 4 heteroatoms. The van der Waals surface area contributed by atoms with Gasteiger partial charge in [-0.25, -0.2) is 5.43 Å². The van der Waals surface area contributed by atoms with Crippen LogP contribution in [0.15, 0.2) is 29.4 Å². The SMILES string of the molecule is C[C@]12CCCCC1C2C(=O)NN=Cc1ccc(O)cc1. The maximum absolute atomic E-state index is 12.2. The number of aromatic hydroxyl groups is 1. The topological polar surface area (TPSA) is 61.7 Å². The highest BCUT2D eigenvalue weighted by molar-refractivity contribution is 5.85. The van der Waals surface area contributed by atoms with Gasteiger partial charge in [0.2, 0.25) is 5.91 Å². The molecule has 0 saturated heterocycles. The molecule has 1 aromatic rings. The number of rotatable bonds is 3. The van der Waals surface area contributed by atoms with Gasteiger partial charge >= 0.3 is 0 Å². The molecule has 1 amide bonds. The lowest BCUT2D eigenvalue weighted by molar-refractivity contribution is -0.123. The highest BCUT2D eigenvalue weighted by Crippen LogP contribution is 2.66. The van der Waals surface area contributed by atoms with Gasteiger partial charge < -0.3 is 5.11 Å². The third-order valence-electron chi connectivity index (χ3n) is 4.90. The highest BCUT2D eigenvalue weighted by atomic mass is 16.3. The molecule has 2 N–H and O–H groups in total. The maximum atomic E-state index is 12.2. The van der Waals surface area contributed by atoms with E-state index in [0.717, 1.165) is 12.0 Å². The van der Waals surface area contributed by atoms with Crippen molar-refractivity contribution in [1.29, 1.82) is 0 Å². The summed E-state index contributed by atoms with van der Waals surface area (Å²) in [6, 6.07) is 6.70. The summed E-state index contributed by atoms with van der Waals surface area (Å²) < 4.78 is 0. The van der Waals surface area contributed by atoms with E-state index >= 15 is 0 Å². The summed E-state index contributed by atoms with van der Waals surface area (Å²) in [5, 5.41) is 13.2.